The number of ether oxygens (including phenoxy) is 1. The van der Waals surface area contributed by atoms with Gasteiger partial charge in [0.2, 0.25) is 5.82 Å². The molecule has 1 aliphatic heterocycles. The molecule has 0 fully saturated rings. The summed E-state index contributed by atoms with van der Waals surface area (Å²) in [7, 11) is 0. The number of benzene rings is 2. The Morgan fingerprint density at radius 1 is 1.00 bits per heavy atom. The molecule has 2 aromatic carbocycles. The Labute approximate surface area is 152 Å². The lowest BCUT2D eigenvalue weighted by molar-refractivity contribution is -0.483. The zero-order chi connectivity index (χ0) is 18.1. The molecule has 1 aromatic heterocycles. The number of nitrogens with one attached hydrogen (secondary N) is 1. The van der Waals surface area contributed by atoms with Gasteiger partial charge in [-0.15, -0.1) is 0 Å². The third-order valence-corrected chi connectivity index (χ3v) is 4.29. The van der Waals surface area contributed by atoms with Gasteiger partial charge in [-0.05, 0) is 54.3 Å². The van der Waals surface area contributed by atoms with Gasteiger partial charge in [0.25, 0.3) is 5.91 Å². The Kier molecular flexibility index (Phi) is 4.14. The molecule has 2 heterocycles. The molecule has 130 valence electrons. The number of carbonyl (C=O) groups excluding carboxylic acids is 1. The number of quaternary nitrogens is 1. The molecule has 0 aliphatic carbocycles. The van der Waals surface area contributed by atoms with Gasteiger partial charge in [0, 0.05) is 24.4 Å². The van der Waals surface area contributed by atoms with E-state index in [9.17, 15) is 4.79 Å². The number of aromatic nitrogens is 1. The fourth-order valence-electron chi connectivity index (χ4n) is 3.23. The van der Waals surface area contributed by atoms with E-state index < -0.39 is 0 Å². The highest BCUT2D eigenvalue weighted by molar-refractivity contribution is 5.96. The molecule has 0 saturated heterocycles. The SMILES string of the molecule is Cc1cc(C)cc([NH2+]c2cc(-c3ccc4c(c3)NC(=O)CO4)ccn2)c1. The molecule has 3 aromatic rings. The summed E-state index contributed by atoms with van der Waals surface area (Å²) in [4.78, 5) is 16.0. The Balaban J connectivity index is 1.63. The van der Waals surface area contributed by atoms with Crippen LogP contribution < -0.4 is 15.4 Å². The van der Waals surface area contributed by atoms with Crippen molar-refractivity contribution in [3.8, 4) is 16.9 Å². The quantitative estimate of drug-likeness (QED) is 0.716. The van der Waals surface area contributed by atoms with Gasteiger partial charge in [-0.3, -0.25) is 10.1 Å². The van der Waals surface area contributed by atoms with Crippen LogP contribution in [0.1, 0.15) is 11.1 Å². The van der Waals surface area contributed by atoms with E-state index in [0.717, 1.165) is 22.6 Å². The molecule has 0 radical (unpaired) electrons. The molecular weight excluding hydrogens is 326 g/mol. The van der Waals surface area contributed by atoms with Crippen molar-refractivity contribution in [3.63, 3.8) is 0 Å². The van der Waals surface area contributed by atoms with Gasteiger partial charge in [-0.25, -0.2) is 4.98 Å². The molecule has 26 heavy (non-hydrogen) atoms. The summed E-state index contributed by atoms with van der Waals surface area (Å²) in [6, 6.07) is 16.3. The molecule has 5 nitrogen and oxygen atoms in total. The van der Waals surface area contributed by atoms with Gasteiger partial charge in [0.05, 0.1) is 5.69 Å². The molecule has 0 spiro atoms. The number of nitrogens with zero attached hydrogens (tertiary/aromatic N) is 1. The summed E-state index contributed by atoms with van der Waals surface area (Å²) in [6.45, 7) is 4.26. The van der Waals surface area contributed by atoms with Gasteiger partial charge in [-0.2, -0.15) is 0 Å². The first-order valence-electron chi connectivity index (χ1n) is 8.53. The van der Waals surface area contributed by atoms with Crippen LogP contribution in [-0.2, 0) is 4.79 Å². The third-order valence-electron chi connectivity index (χ3n) is 4.29. The average molecular weight is 346 g/mol. The smallest absolute Gasteiger partial charge is 0.262 e. The second-order valence-corrected chi connectivity index (χ2v) is 6.58. The van der Waals surface area contributed by atoms with E-state index in [1.165, 1.54) is 11.1 Å². The van der Waals surface area contributed by atoms with Crippen LogP contribution in [0.15, 0.2) is 54.7 Å². The van der Waals surface area contributed by atoms with Crippen LogP contribution in [0.2, 0.25) is 0 Å². The third kappa shape index (κ3) is 3.43. The first-order chi connectivity index (χ1) is 12.6. The highest BCUT2D eigenvalue weighted by atomic mass is 16.5. The second kappa shape index (κ2) is 6.61. The van der Waals surface area contributed by atoms with Crippen molar-refractivity contribution in [3.05, 3.63) is 65.9 Å². The van der Waals surface area contributed by atoms with E-state index in [4.69, 9.17) is 4.74 Å². The van der Waals surface area contributed by atoms with Crippen LogP contribution >= 0.6 is 0 Å². The molecule has 1 amide bonds. The van der Waals surface area contributed by atoms with E-state index >= 15 is 0 Å². The maximum atomic E-state index is 11.5. The largest absolute Gasteiger partial charge is 0.482 e. The fourth-order valence-corrected chi connectivity index (χ4v) is 3.23. The van der Waals surface area contributed by atoms with E-state index in [1.807, 2.05) is 30.3 Å². The predicted molar refractivity (Wildman–Crippen MR) is 101 cm³/mol. The average Bonchev–Trinajstić information content (AvgIpc) is 2.60. The number of aryl methyl sites for hydroxylation is 2. The number of anilines is 1. The fraction of sp³-hybridized carbons (Fsp3) is 0.143. The van der Waals surface area contributed by atoms with E-state index in [2.05, 4.69) is 47.7 Å². The highest BCUT2D eigenvalue weighted by Gasteiger charge is 2.16. The van der Waals surface area contributed by atoms with Gasteiger partial charge in [0.15, 0.2) is 6.61 Å². The molecule has 4 rings (SSSR count). The minimum Gasteiger partial charge on any atom is -0.482 e. The van der Waals surface area contributed by atoms with Crippen molar-refractivity contribution < 1.29 is 14.8 Å². The maximum Gasteiger partial charge on any atom is 0.262 e. The van der Waals surface area contributed by atoms with E-state index in [1.54, 1.807) is 6.20 Å². The first kappa shape index (κ1) is 16.3. The van der Waals surface area contributed by atoms with Crippen molar-refractivity contribution in [1.29, 1.82) is 0 Å². The van der Waals surface area contributed by atoms with Gasteiger partial charge in [0.1, 0.15) is 11.4 Å². The minimum absolute atomic E-state index is 0.0661. The van der Waals surface area contributed by atoms with Crippen LogP contribution in [-0.4, -0.2) is 17.5 Å². The standard InChI is InChI=1S/C21H19N3O2/c1-13-7-14(2)9-17(8-13)23-20-11-16(5-6-22-20)15-3-4-19-18(10-15)24-21(25)12-26-19/h3-11H,12H2,1-2H3,(H,22,23)(H,24,25)/p+1. The number of hydrogen-bond donors (Lipinski definition) is 2. The summed E-state index contributed by atoms with van der Waals surface area (Å²) >= 11 is 0. The lowest BCUT2D eigenvalue weighted by atomic mass is 10.1. The van der Waals surface area contributed by atoms with Crippen LogP contribution in [0, 0.1) is 13.8 Å². The summed E-state index contributed by atoms with van der Waals surface area (Å²) in [6.07, 6.45) is 1.80. The van der Waals surface area contributed by atoms with Crippen LogP contribution in [0.25, 0.3) is 11.1 Å². The molecule has 0 atom stereocenters. The molecule has 0 bridgehead atoms. The zero-order valence-electron chi connectivity index (χ0n) is 14.7. The Hall–Kier alpha value is -3.18. The molecule has 0 unspecified atom stereocenters. The Morgan fingerprint density at radius 2 is 1.77 bits per heavy atom. The topological polar surface area (TPSA) is 67.8 Å². The van der Waals surface area contributed by atoms with Crippen molar-refractivity contribution in [2.24, 2.45) is 0 Å². The van der Waals surface area contributed by atoms with Crippen LogP contribution in [0.3, 0.4) is 0 Å². The number of carbonyl (C=O) groups is 1. The summed E-state index contributed by atoms with van der Waals surface area (Å²) in [5.74, 6) is 1.46. The first-order valence-corrected chi connectivity index (χ1v) is 8.53. The number of nitrogens with two attached hydrogens (primary N) is 1. The lowest BCUT2D eigenvalue weighted by Crippen LogP contribution is -2.71. The molecule has 0 saturated carbocycles. The van der Waals surface area contributed by atoms with Crippen molar-refractivity contribution in [2.45, 2.75) is 13.8 Å². The van der Waals surface area contributed by atoms with Crippen molar-refractivity contribution in [1.82, 2.24) is 4.98 Å². The highest BCUT2D eigenvalue weighted by Crippen LogP contribution is 2.32. The predicted octanol–water partition coefficient (Wildman–Crippen LogP) is 3.22. The minimum atomic E-state index is -0.131. The van der Waals surface area contributed by atoms with E-state index in [0.29, 0.717) is 11.4 Å². The van der Waals surface area contributed by atoms with Crippen molar-refractivity contribution in [2.75, 3.05) is 11.9 Å². The normalized spacial score (nSPS) is 12.9. The maximum absolute atomic E-state index is 11.5. The van der Waals surface area contributed by atoms with Gasteiger partial charge in [-0.1, -0.05) is 12.1 Å². The van der Waals surface area contributed by atoms with Crippen LogP contribution in [0.5, 0.6) is 5.75 Å². The molecule has 5 heteroatoms. The summed E-state index contributed by atoms with van der Waals surface area (Å²) in [5, 5.41) is 4.93. The lowest BCUT2D eigenvalue weighted by Gasteiger charge is -2.18. The molecule has 1 aliphatic rings. The number of hydrogen-bond acceptors (Lipinski definition) is 3. The molecular formula is C21H20N3O2+. The summed E-state index contributed by atoms with van der Waals surface area (Å²) < 4.78 is 5.42. The number of amides is 1. The number of pyridine rings is 1. The zero-order valence-corrected chi connectivity index (χ0v) is 14.7. The second-order valence-electron chi connectivity index (χ2n) is 6.58. The Morgan fingerprint density at radius 3 is 2.58 bits per heavy atom. The Bertz CT molecular complexity index is 978. The number of rotatable bonds is 3. The van der Waals surface area contributed by atoms with Crippen LogP contribution in [0.4, 0.5) is 17.2 Å². The van der Waals surface area contributed by atoms with Gasteiger partial charge < -0.3 is 10.1 Å². The molecule has 3 N–H and O–H groups in total. The monoisotopic (exact) mass is 346 g/mol. The van der Waals surface area contributed by atoms with E-state index in [-0.39, 0.29) is 12.5 Å². The van der Waals surface area contributed by atoms with Gasteiger partial charge >= 0.3 is 0 Å². The number of fused-ring (bicyclic) bond motifs is 1. The summed E-state index contributed by atoms with van der Waals surface area (Å²) in [5.41, 5.74) is 6.36. The van der Waals surface area contributed by atoms with Crippen molar-refractivity contribution >= 4 is 23.1 Å².